The summed E-state index contributed by atoms with van der Waals surface area (Å²) < 4.78 is 5.17. The van der Waals surface area contributed by atoms with Crippen molar-refractivity contribution in [2.45, 2.75) is 65.0 Å². The summed E-state index contributed by atoms with van der Waals surface area (Å²) in [5.41, 5.74) is -1.80. The molecule has 1 saturated carbocycles. The fourth-order valence-corrected chi connectivity index (χ4v) is 3.26. The van der Waals surface area contributed by atoms with E-state index in [0.29, 0.717) is 12.8 Å². The van der Waals surface area contributed by atoms with E-state index in [9.17, 15) is 14.4 Å². The highest BCUT2D eigenvalue weighted by Gasteiger charge is 2.54. The first kappa shape index (κ1) is 20.2. The third-order valence-electron chi connectivity index (χ3n) is 4.20. The fourth-order valence-electron chi connectivity index (χ4n) is 3.26. The maximum Gasteiger partial charge on any atom is 0.311 e. The van der Waals surface area contributed by atoms with Crippen LogP contribution in [0.2, 0.25) is 0 Å². The molecule has 1 aliphatic carbocycles. The number of rotatable bonds is 5. The molecular weight excluding hydrogens is 308 g/mol. The van der Waals surface area contributed by atoms with Crippen molar-refractivity contribution in [2.75, 3.05) is 6.61 Å². The van der Waals surface area contributed by atoms with E-state index in [4.69, 9.17) is 4.74 Å². The molecule has 0 bridgehead atoms. The normalized spacial score (nSPS) is 27.0. The Bertz CT molecular complexity index is 510. The molecule has 0 spiro atoms. The second-order valence-electron chi connectivity index (χ2n) is 7.44. The molecule has 24 heavy (non-hydrogen) atoms. The zero-order valence-electron chi connectivity index (χ0n) is 15.4. The molecule has 0 heterocycles. The van der Waals surface area contributed by atoms with Gasteiger partial charge in [0.15, 0.2) is 0 Å². The second kappa shape index (κ2) is 7.81. The summed E-state index contributed by atoms with van der Waals surface area (Å²) in [4.78, 5) is 37.4. The Morgan fingerprint density at radius 3 is 2.38 bits per heavy atom. The van der Waals surface area contributed by atoms with E-state index >= 15 is 0 Å². The van der Waals surface area contributed by atoms with Gasteiger partial charge < -0.3 is 15.4 Å². The average Bonchev–Trinajstić information content (AvgIpc) is 2.44. The van der Waals surface area contributed by atoms with Gasteiger partial charge in [0.1, 0.15) is 5.54 Å². The van der Waals surface area contributed by atoms with Crippen molar-refractivity contribution in [1.82, 2.24) is 10.6 Å². The molecule has 2 amide bonds. The monoisotopic (exact) mass is 338 g/mol. The Labute approximate surface area is 144 Å². The lowest BCUT2D eigenvalue weighted by molar-refractivity contribution is -0.159. The summed E-state index contributed by atoms with van der Waals surface area (Å²) in [5.74, 6) is -1.81. The van der Waals surface area contributed by atoms with Gasteiger partial charge in [-0.2, -0.15) is 0 Å². The predicted molar refractivity (Wildman–Crippen MR) is 92.1 cm³/mol. The Hall–Kier alpha value is -1.85. The molecule has 136 valence electrons. The number of hydrogen-bond donors (Lipinski definition) is 2. The van der Waals surface area contributed by atoms with Gasteiger partial charge in [0.2, 0.25) is 11.8 Å². The Balaban J connectivity index is 3.32. The lowest BCUT2D eigenvalue weighted by atomic mass is 9.67. The van der Waals surface area contributed by atoms with Gasteiger partial charge in [0.25, 0.3) is 0 Å². The van der Waals surface area contributed by atoms with E-state index in [1.807, 2.05) is 20.8 Å². The highest BCUT2D eigenvalue weighted by Crippen LogP contribution is 2.39. The van der Waals surface area contributed by atoms with Crippen molar-refractivity contribution in [3.8, 4) is 0 Å². The van der Waals surface area contributed by atoms with Gasteiger partial charge in [-0.3, -0.25) is 14.4 Å². The van der Waals surface area contributed by atoms with Crippen molar-refractivity contribution in [1.29, 1.82) is 0 Å². The molecule has 0 unspecified atom stereocenters. The third kappa shape index (κ3) is 4.82. The van der Waals surface area contributed by atoms with Crippen molar-refractivity contribution >= 4 is 17.8 Å². The summed E-state index contributed by atoms with van der Waals surface area (Å²) >= 11 is 0. The number of carbonyl (C=O) groups excluding carboxylic acids is 3. The molecule has 6 heteroatoms. The Kier molecular flexibility index (Phi) is 6.58. The van der Waals surface area contributed by atoms with Crippen LogP contribution >= 0.6 is 0 Å². The smallest absolute Gasteiger partial charge is 0.311 e. The molecule has 0 aromatic heterocycles. The second-order valence-corrected chi connectivity index (χ2v) is 7.44. The summed E-state index contributed by atoms with van der Waals surface area (Å²) in [6.07, 6.45) is 3.31. The molecule has 0 aromatic carbocycles. The predicted octanol–water partition coefficient (Wildman–Crippen LogP) is 1.94. The molecular formula is C18H30N2O4. The molecule has 2 N–H and O–H groups in total. The minimum absolute atomic E-state index is 0.0493. The van der Waals surface area contributed by atoms with E-state index in [1.54, 1.807) is 13.0 Å². The van der Waals surface area contributed by atoms with Crippen LogP contribution in [0.5, 0.6) is 0 Å². The summed E-state index contributed by atoms with van der Waals surface area (Å²) in [6.45, 7) is 12.7. The van der Waals surface area contributed by atoms with E-state index in [1.165, 1.54) is 6.92 Å². The molecule has 1 fully saturated rings. The van der Waals surface area contributed by atoms with E-state index in [2.05, 4.69) is 17.2 Å². The van der Waals surface area contributed by atoms with Crippen LogP contribution in [0, 0.1) is 11.8 Å². The number of esters is 1. The molecule has 1 rings (SSSR count). The van der Waals surface area contributed by atoms with Crippen LogP contribution in [0.25, 0.3) is 0 Å². The topological polar surface area (TPSA) is 84.5 Å². The van der Waals surface area contributed by atoms with E-state index < -0.39 is 23.0 Å². The number of nitrogens with one attached hydrogen (secondary N) is 2. The molecule has 6 nitrogen and oxygen atoms in total. The summed E-state index contributed by atoms with van der Waals surface area (Å²) in [7, 11) is 0. The Morgan fingerprint density at radius 2 is 1.92 bits per heavy atom. The van der Waals surface area contributed by atoms with Crippen LogP contribution in [-0.4, -0.2) is 35.5 Å². The fraction of sp³-hybridized carbons (Fsp3) is 0.722. The first-order valence-corrected chi connectivity index (χ1v) is 8.46. The van der Waals surface area contributed by atoms with Gasteiger partial charge in [0, 0.05) is 12.5 Å². The van der Waals surface area contributed by atoms with Crippen LogP contribution in [0.15, 0.2) is 12.7 Å². The summed E-state index contributed by atoms with van der Waals surface area (Å²) in [5, 5.41) is 5.68. The average molecular weight is 338 g/mol. The first-order valence-electron chi connectivity index (χ1n) is 8.46. The molecule has 0 saturated heterocycles. The first-order chi connectivity index (χ1) is 11.1. The summed E-state index contributed by atoms with van der Waals surface area (Å²) in [6, 6.07) is 0. The molecule has 0 aliphatic heterocycles. The van der Waals surface area contributed by atoms with Crippen LogP contribution in [0.3, 0.4) is 0 Å². The van der Waals surface area contributed by atoms with Crippen molar-refractivity contribution in [3.05, 3.63) is 12.7 Å². The van der Waals surface area contributed by atoms with Crippen LogP contribution in [-0.2, 0) is 19.1 Å². The lowest BCUT2D eigenvalue weighted by Gasteiger charge is -2.45. The minimum Gasteiger partial charge on any atom is -0.466 e. The third-order valence-corrected chi connectivity index (χ3v) is 4.20. The zero-order chi connectivity index (χ0) is 18.5. The van der Waals surface area contributed by atoms with Crippen molar-refractivity contribution in [3.63, 3.8) is 0 Å². The Morgan fingerprint density at radius 1 is 1.29 bits per heavy atom. The molecule has 0 aromatic rings. The van der Waals surface area contributed by atoms with E-state index in [0.717, 1.165) is 6.42 Å². The largest absolute Gasteiger partial charge is 0.466 e. The van der Waals surface area contributed by atoms with E-state index in [-0.39, 0.29) is 24.3 Å². The van der Waals surface area contributed by atoms with Crippen LogP contribution in [0.1, 0.15) is 53.9 Å². The van der Waals surface area contributed by atoms with Gasteiger partial charge in [-0.1, -0.05) is 6.08 Å². The van der Waals surface area contributed by atoms with Crippen molar-refractivity contribution in [2.24, 2.45) is 11.8 Å². The number of carbonyl (C=O) groups is 3. The molecule has 3 atom stereocenters. The SMILES string of the molecule is C=C[C@@H]1CC[C@@H](C(=O)OCC)[C@](NC(C)=O)(C(=O)NC(C)(C)C)C1. The highest BCUT2D eigenvalue weighted by atomic mass is 16.5. The number of hydrogen-bond acceptors (Lipinski definition) is 4. The lowest BCUT2D eigenvalue weighted by Crippen LogP contribution is -2.68. The van der Waals surface area contributed by atoms with Gasteiger partial charge in [-0.25, -0.2) is 0 Å². The molecule has 0 radical (unpaired) electrons. The van der Waals surface area contributed by atoms with Gasteiger partial charge in [-0.15, -0.1) is 6.58 Å². The van der Waals surface area contributed by atoms with Crippen LogP contribution < -0.4 is 10.6 Å². The quantitative estimate of drug-likeness (QED) is 0.593. The van der Waals surface area contributed by atoms with Gasteiger partial charge in [-0.05, 0) is 52.9 Å². The maximum atomic E-state index is 13.1. The minimum atomic E-state index is -1.32. The standard InChI is InChI=1S/C18H30N2O4/c1-7-13-9-10-14(15(22)24-8-2)18(11-13,19-12(3)21)16(23)20-17(4,5)6/h7,13-14H,1,8-11H2,2-6H3,(H,19,21)(H,20,23)/t13-,14+,18+/m1/s1. The zero-order valence-corrected chi connectivity index (χ0v) is 15.4. The highest BCUT2D eigenvalue weighted by molar-refractivity contribution is 5.96. The number of ether oxygens (including phenoxy) is 1. The number of allylic oxidation sites excluding steroid dienone is 1. The maximum absolute atomic E-state index is 13.1. The number of amides is 2. The van der Waals surface area contributed by atoms with Crippen LogP contribution in [0.4, 0.5) is 0 Å². The van der Waals surface area contributed by atoms with Crippen molar-refractivity contribution < 1.29 is 19.1 Å². The van der Waals surface area contributed by atoms with Gasteiger partial charge >= 0.3 is 5.97 Å². The van der Waals surface area contributed by atoms with Gasteiger partial charge in [0.05, 0.1) is 12.5 Å². The molecule has 1 aliphatic rings.